The molecule has 4 nitrogen and oxygen atoms in total. The molecule has 0 saturated heterocycles. The predicted octanol–water partition coefficient (Wildman–Crippen LogP) is 2.05. The molecule has 16 heavy (non-hydrogen) atoms. The van der Waals surface area contributed by atoms with E-state index in [0.29, 0.717) is 0 Å². The molecule has 0 bridgehead atoms. The number of carbonyl (C=O) groups excluding carboxylic acids is 1. The number of aryl methyl sites for hydroxylation is 1. The monoisotopic (exact) mass is 242 g/mol. The topological polar surface area (TPSA) is 51.2 Å². The quantitative estimate of drug-likeness (QED) is 0.859. The van der Waals surface area contributed by atoms with Crippen LogP contribution in [0.5, 0.6) is 0 Å². The van der Waals surface area contributed by atoms with Crippen LogP contribution in [0.15, 0.2) is 6.20 Å². The van der Waals surface area contributed by atoms with Crippen LogP contribution in [-0.4, -0.2) is 23.6 Å². The van der Waals surface area contributed by atoms with Gasteiger partial charge in [0, 0.05) is 11.1 Å². The van der Waals surface area contributed by atoms with Crippen LogP contribution >= 0.6 is 11.3 Å². The van der Waals surface area contributed by atoms with E-state index in [1.54, 1.807) is 11.3 Å². The first-order chi connectivity index (χ1) is 7.49. The van der Waals surface area contributed by atoms with Crippen molar-refractivity contribution in [3.8, 4) is 0 Å². The van der Waals surface area contributed by atoms with Gasteiger partial charge in [-0.1, -0.05) is 0 Å². The standard InChI is InChI=1S/C11H18N2O2S/c1-7(2)15-6-10(14)13-9(4)11-12-5-8(3)16-11/h5,7,9H,6H2,1-4H3,(H,13,14). The fourth-order valence-corrected chi connectivity index (χ4v) is 1.94. The van der Waals surface area contributed by atoms with Gasteiger partial charge in [-0.15, -0.1) is 11.3 Å². The Balaban J connectivity index is 2.39. The predicted molar refractivity (Wildman–Crippen MR) is 64.5 cm³/mol. The van der Waals surface area contributed by atoms with E-state index in [9.17, 15) is 4.79 Å². The second-order valence-electron chi connectivity index (χ2n) is 3.96. The molecular formula is C11H18N2O2S. The van der Waals surface area contributed by atoms with Crippen LogP contribution in [0.1, 0.15) is 36.7 Å². The second-order valence-corrected chi connectivity index (χ2v) is 5.22. The van der Waals surface area contributed by atoms with Gasteiger partial charge in [0.15, 0.2) is 0 Å². The van der Waals surface area contributed by atoms with Gasteiger partial charge in [-0.3, -0.25) is 4.79 Å². The lowest BCUT2D eigenvalue weighted by Gasteiger charge is -2.12. The molecule has 1 rings (SSSR count). The highest BCUT2D eigenvalue weighted by molar-refractivity contribution is 7.11. The third-order valence-corrected chi connectivity index (χ3v) is 3.03. The summed E-state index contributed by atoms with van der Waals surface area (Å²) in [5, 5.41) is 3.78. The number of nitrogens with zero attached hydrogens (tertiary/aromatic N) is 1. The average Bonchev–Trinajstić information content (AvgIpc) is 2.62. The molecule has 1 heterocycles. The number of aromatic nitrogens is 1. The molecule has 0 saturated carbocycles. The Labute approximate surface area is 100 Å². The number of rotatable bonds is 5. The minimum absolute atomic E-state index is 0.0537. The number of amides is 1. The summed E-state index contributed by atoms with van der Waals surface area (Å²) in [6.07, 6.45) is 1.89. The molecule has 1 N–H and O–H groups in total. The van der Waals surface area contributed by atoms with Crippen LogP contribution in [0.25, 0.3) is 0 Å². The van der Waals surface area contributed by atoms with E-state index in [4.69, 9.17) is 4.74 Å². The molecule has 1 unspecified atom stereocenters. The van der Waals surface area contributed by atoms with Gasteiger partial charge in [0.05, 0.1) is 12.1 Å². The maximum absolute atomic E-state index is 11.5. The molecule has 0 aliphatic heterocycles. The van der Waals surface area contributed by atoms with Crippen LogP contribution in [0.4, 0.5) is 0 Å². The van der Waals surface area contributed by atoms with Crippen LogP contribution in [0, 0.1) is 6.92 Å². The highest BCUT2D eigenvalue weighted by atomic mass is 32.1. The van der Waals surface area contributed by atoms with Gasteiger partial charge in [-0.2, -0.15) is 0 Å². The van der Waals surface area contributed by atoms with Crippen molar-refractivity contribution < 1.29 is 9.53 Å². The molecular weight excluding hydrogens is 224 g/mol. The minimum atomic E-state index is -0.103. The van der Waals surface area contributed by atoms with Gasteiger partial charge in [0.1, 0.15) is 11.6 Å². The summed E-state index contributed by atoms with van der Waals surface area (Å²) < 4.78 is 5.22. The first kappa shape index (κ1) is 13.1. The number of ether oxygens (including phenoxy) is 1. The number of nitrogens with one attached hydrogen (secondary N) is 1. The first-order valence-electron chi connectivity index (χ1n) is 5.32. The van der Waals surface area contributed by atoms with Gasteiger partial charge in [0.25, 0.3) is 0 Å². The lowest BCUT2D eigenvalue weighted by molar-refractivity contribution is -0.127. The molecule has 5 heteroatoms. The summed E-state index contributed by atoms with van der Waals surface area (Å²) in [6, 6.07) is -0.0537. The molecule has 90 valence electrons. The summed E-state index contributed by atoms with van der Waals surface area (Å²) in [5.41, 5.74) is 0. The zero-order chi connectivity index (χ0) is 12.1. The van der Waals surface area contributed by atoms with E-state index < -0.39 is 0 Å². The van der Waals surface area contributed by atoms with Crippen molar-refractivity contribution in [3.63, 3.8) is 0 Å². The normalized spacial score (nSPS) is 12.8. The maximum Gasteiger partial charge on any atom is 0.246 e. The largest absolute Gasteiger partial charge is 0.369 e. The van der Waals surface area contributed by atoms with Gasteiger partial charge in [0.2, 0.25) is 5.91 Å². The third kappa shape index (κ3) is 4.28. The Hall–Kier alpha value is -0.940. The maximum atomic E-state index is 11.5. The average molecular weight is 242 g/mol. The van der Waals surface area contributed by atoms with Crippen LogP contribution < -0.4 is 5.32 Å². The Morgan fingerprint density at radius 2 is 2.25 bits per heavy atom. The smallest absolute Gasteiger partial charge is 0.246 e. The minimum Gasteiger partial charge on any atom is -0.369 e. The molecule has 0 radical (unpaired) electrons. The molecule has 1 atom stereocenters. The van der Waals surface area contributed by atoms with Crippen LogP contribution in [0.3, 0.4) is 0 Å². The number of hydrogen-bond acceptors (Lipinski definition) is 4. The van der Waals surface area contributed by atoms with E-state index in [1.165, 1.54) is 0 Å². The van der Waals surface area contributed by atoms with E-state index in [-0.39, 0.29) is 24.7 Å². The Morgan fingerprint density at radius 3 is 2.75 bits per heavy atom. The van der Waals surface area contributed by atoms with Crippen molar-refractivity contribution in [1.29, 1.82) is 0 Å². The van der Waals surface area contributed by atoms with Crippen molar-refractivity contribution in [2.75, 3.05) is 6.61 Å². The van der Waals surface area contributed by atoms with E-state index >= 15 is 0 Å². The summed E-state index contributed by atoms with van der Waals surface area (Å²) in [4.78, 5) is 16.9. The summed E-state index contributed by atoms with van der Waals surface area (Å²) >= 11 is 1.60. The summed E-state index contributed by atoms with van der Waals surface area (Å²) in [5.74, 6) is -0.103. The van der Waals surface area contributed by atoms with E-state index in [0.717, 1.165) is 9.88 Å². The Morgan fingerprint density at radius 1 is 1.56 bits per heavy atom. The second kappa shape index (κ2) is 5.96. The van der Waals surface area contributed by atoms with Gasteiger partial charge >= 0.3 is 0 Å². The van der Waals surface area contributed by atoms with Crippen molar-refractivity contribution in [2.24, 2.45) is 0 Å². The third-order valence-electron chi connectivity index (χ3n) is 1.93. The van der Waals surface area contributed by atoms with Crippen LogP contribution in [0.2, 0.25) is 0 Å². The highest BCUT2D eigenvalue weighted by Gasteiger charge is 2.12. The van der Waals surface area contributed by atoms with Crippen molar-refractivity contribution in [2.45, 2.75) is 39.8 Å². The van der Waals surface area contributed by atoms with Crippen molar-refractivity contribution in [3.05, 3.63) is 16.1 Å². The molecule has 0 spiro atoms. The molecule has 1 aromatic rings. The molecule has 0 aliphatic rings. The molecule has 0 aromatic carbocycles. The lowest BCUT2D eigenvalue weighted by atomic mass is 10.3. The van der Waals surface area contributed by atoms with Crippen molar-refractivity contribution >= 4 is 17.2 Å². The summed E-state index contributed by atoms with van der Waals surface area (Å²) in [7, 11) is 0. The lowest BCUT2D eigenvalue weighted by Crippen LogP contribution is -2.31. The van der Waals surface area contributed by atoms with E-state index in [2.05, 4.69) is 10.3 Å². The number of hydrogen-bond donors (Lipinski definition) is 1. The highest BCUT2D eigenvalue weighted by Crippen LogP contribution is 2.18. The molecule has 0 aliphatic carbocycles. The zero-order valence-corrected chi connectivity index (χ0v) is 10.9. The summed E-state index contributed by atoms with van der Waals surface area (Å²) in [6.45, 7) is 7.83. The van der Waals surface area contributed by atoms with Gasteiger partial charge < -0.3 is 10.1 Å². The number of thiazole rings is 1. The van der Waals surface area contributed by atoms with Crippen molar-refractivity contribution in [1.82, 2.24) is 10.3 Å². The molecule has 1 amide bonds. The van der Waals surface area contributed by atoms with E-state index in [1.807, 2.05) is 33.9 Å². The Bertz CT molecular complexity index is 350. The fourth-order valence-electron chi connectivity index (χ4n) is 1.16. The number of carbonyl (C=O) groups is 1. The van der Waals surface area contributed by atoms with Gasteiger partial charge in [-0.05, 0) is 27.7 Å². The zero-order valence-electron chi connectivity index (χ0n) is 10.1. The SMILES string of the molecule is Cc1cnc(C(C)NC(=O)COC(C)C)s1. The molecule has 1 aromatic heterocycles. The van der Waals surface area contributed by atoms with Gasteiger partial charge in [-0.25, -0.2) is 4.98 Å². The molecule has 0 fully saturated rings. The first-order valence-corrected chi connectivity index (χ1v) is 6.14. The van der Waals surface area contributed by atoms with Crippen LogP contribution in [-0.2, 0) is 9.53 Å². The fraction of sp³-hybridized carbons (Fsp3) is 0.636. The Kier molecular flexibility index (Phi) is 4.89.